The molecule has 3 rings (SSSR count). The number of carbonyl (C=O) groups is 1. The van der Waals surface area contributed by atoms with Gasteiger partial charge in [0, 0.05) is 37.6 Å². The van der Waals surface area contributed by atoms with Gasteiger partial charge in [0.15, 0.2) is 0 Å². The first-order valence-corrected chi connectivity index (χ1v) is 11.5. The second-order valence-electron chi connectivity index (χ2n) is 7.15. The highest BCUT2D eigenvalue weighted by Crippen LogP contribution is 2.22. The van der Waals surface area contributed by atoms with Gasteiger partial charge in [0.05, 0.1) is 17.2 Å². The smallest absolute Gasteiger partial charge is 0.268 e. The molecular weight excluding hydrogens is 384 g/mol. The fourth-order valence-electron chi connectivity index (χ4n) is 3.09. The highest BCUT2D eigenvalue weighted by molar-refractivity contribution is 7.89. The zero-order chi connectivity index (χ0) is 19.6. The Hall–Kier alpha value is -1.71. The number of sulfonamides is 1. The number of hydrogen-bond donors (Lipinski definition) is 1. The van der Waals surface area contributed by atoms with Gasteiger partial charge >= 0.3 is 0 Å². The number of amides is 1. The largest absolute Gasteiger partial charge is 0.345 e. The number of hydrogen-bond acceptors (Lipinski definition) is 5. The molecule has 9 heteroatoms. The molecular formula is C18H26N4O3S2. The van der Waals surface area contributed by atoms with Gasteiger partial charge in [0.2, 0.25) is 10.0 Å². The summed E-state index contributed by atoms with van der Waals surface area (Å²) in [6, 6.07) is 1.46. The topological polar surface area (TPSA) is 84.3 Å². The summed E-state index contributed by atoms with van der Waals surface area (Å²) >= 11 is 1.58. The van der Waals surface area contributed by atoms with E-state index in [9.17, 15) is 13.2 Å². The number of carbonyl (C=O) groups excluding carboxylic acids is 1. The van der Waals surface area contributed by atoms with Crippen LogP contribution in [0.3, 0.4) is 0 Å². The van der Waals surface area contributed by atoms with E-state index in [1.54, 1.807) is 23.0 Å². The summed E-state index contributed by atoms with van der Waals surface area (Å²) in [5.74, 6) is 0.0477. The molecule has 1 amide bonds. The van der Waals surface area contributed by atoms with E-state index in [1.807, 2.05) is 5.38 Å². The molecule has 148 valence electrons. The Balaban J connectivity index is 1.70. The summed E-state index contributed by atoms with van der Waals surface area (Å²) in [4.78, 5) is 17.2. The predicted molar refractivity (Wildman–Crippen MR) is 105 cm³/mol. The highest BCUT2D eigenvalue weighted by atomic mass is 32.2. The van der Waals surface area contributed by atoms with Crippen LogP contribution in [0.1, 0.15) is 60.2 Å². The maximum Gasteiger partial charge on any atom is 0.268 e. The minimum Gasteiger partial charge on any atom is -0.345 e. The molecule has 1 fully saturated rings. The van der Waals surface area contributed by atoms with Crippen LogP contribution >= 0.6 is 11.3 Å². The van der Waals surface area contributed by atoms with E-state index in [1.165, 1.54) is 16.6 Å². The van der Waals surface area contributed by atoms with Crippen LogP contribution in [0.15, 0.2) is 22.5 Å². The van der Waals surface area contributed by atoms with Gasteiger partial charge in [-0.2, -0.15) is 4.31 Å². The number of rotatable bonds is 6. The maximum absolute atomic E-state index is 12.8. The van der Waals surface area contributed by atoms with Gasteiger partial charge in [-0.15, -0.1) is 11.3 Å². The number of aromatic nitrogens is 2. The van der Waals surface area contributed by atoms with Crippen LogP contribution in [0.2, 0.25) is 0 Å². The van der Waals surface area contributed by atoms with E-state index < -0.39 is 10.0 Å². The minimum absolute atomic E-state index is 0.174. The summed E-state index contributed by atoms with van der Waals surface area (Å²) in [7, 11) is -1.86. The molecule has 0 bridgehead atoms. The number of aryl methyl sites for hydroxylation is 1. The first-order chi connectivity index (χ1) is 12.8. The van der Waals surface area contributed by atoms with Crippen molar-refractivity contribution in [2.75, 3.05) is 13.1 Å². The molecule has 1 N–H and O–H groups in total. The number of thiazole rings is 1. The predicted octanol–water partition coefficient (Wildman–Crippen LogP) is 2.71. The monoisotopic (exact) mass is 410 g/mol. The summed E-state index contributed by atoms with van der Waals surface area (Å²) < 4.78 is 28.7. The molecule has 27 heavy (non-hydrogen) atoms. The summed E-state index contributed by atoms with van der Waals surface area (Å²) in [6.07, 6.45) is 4.33. The van der Waals surface area contributed by atoms with E-state index in [2.05, 4.69) is 24.1 Å². The second-order valence-corrected chi connectivity index (χ2v) is 9.98. The van der Waals surface area contributed by atoms with Crippen molar-refractivity contribution in [3.8, 4) is 0 Å². The average molecular weight is 411 g/mol. The molecule has 0 spiro atoms. The van der Waals surface area contributed by atoms with E-state index in [4.69, 9.17) is 0 Å². The summed E-state index contributed by atoms with van der Waals surface area (Å²) in [5.41, 5.74) is 1.14. The lowest BCUT2D eigenvalue weighted by Crippen LogP contribution is -2.35. The molecule has 1 saturated heterocycles. The van der Waals surface area contributed by atoms with Gasteiger partial charge in [0.25, 0.3) is 5.91 Å². The third kappa shape index (κ3) is 4.41. The van der Waals surface area contributed by atoms with Crippen molar-refractivity contribution >= 4 is 27.3 Å². The zero-order valence-electron chi connectivity index (χ0n) is 15.9. The second kappa shape index (κ2) is 8.12. The van der Waals surface area contributed by atoms with Crippen LogP contribution in [0.4, 0.5) is 0 Å². The maximum atomic E-state index is 12.8. The van der Waals surface area contributed by atoms with Crippen molar-refractivity contribution in [3.05, 3.63) is 34.0 Å². The Morgan fingerprint density at radius 1 is 1.30 bits per heavy atom. The van der Waals surface area contributed by atoms with Crippen molar-refractivity contribution in [1.82, 2.24) is 19.2 Å². The molecule has 2 aromatic heterocycles. The molecule has 0 unspecified atom stereocenters. The van der Waals surface area contributed by atoms with Crippen molar-refractivity contribution in [1.29, 1.82) is 0 Å². The lowest BCUT2D eigenvalue weighted by atomic mass is 10.2. The standard InChI is InChI=1S/C18H26N4O3S2/c1-13(2)18-20-14(12-26-18)10-19-17(23)16-9-15(11-21(16)3)27(24,25)22-7-5-4-6-8-22/h9,11-13H,4-8,10H2,1-3H3,(H,19,23). The van der Waals surface area contributed by atoms with E-state index >= 15 is 0 Å². The van der Waals surface area contributed by atoms with Gasteiger partial charge in [-0.1, -0.05) is 20.3 Å². The Morgan fingerprint density at radius 3 is 2.63 bits per heavy atom. The quantitative estimate of drug-likeness (QED) is 0.794. The van der Waals surface area contributed by atoms with Crippen LogP contribution in [-0.2, 0) is 23.6 Å². The normalized spacial score (nSPS) is 16.0. The SMILES string of the molecule is CC(C)c1nc(CNC(=O)c2cc(S(=O)(=O)N3CCCCC3)cn2C)cs1. The molecule has 2 aromatic rings. The lowest BCUT2D eigenvalue weighted by molar-refractivity contribution is 0.0942. The third-order valence-corrected chi connectivity index (χ3v) is 7.72. The molecule has 3 heterocycles. The van der Waals surface area contributed by atoms with Gasteiger partial charge in [-0.05, 0) is 18.9 Å². The fourth-order valence-corrected chi connectivity index (χ4v) is 5.51. The van der Waals surface area contributed by atoms with Crippen molar-refractivity contribution in [3.63, 3.8) is 0 Å². The van der Waals surface area contributed by atoms with Crippen molar-refractivity contribution < 1.29 is 13.2 Å². The molecule has 0 atom stereocenters. The Bertz CT molecular complexity index is 909. The molecule has 7 nitrogen and oxygen atoms in total. The molecule has 0 aromatic carbocycles. The van der Waals surface area contributed by atoms with Crippen LogP contribution in [0.5, 0.6) is 0 Å². The van der Waals surface area contributed by atoms with Crippen LogP contribution in [0, 0.1) is 0 Å². The molecule has 1 aliphatic rings. The average Bonchev–Trinajstić information content (AvgIpc) is 3.27. The fraction of sp³-hybridized carbons (Fsp3) is 0.556. The minimum atomic E-state index is -3.55. The zero-order valence-corrected chi connectivity index (χ0v) is 17.6. The van der Waals surface area contributed by atoms with Crippen LogP contribution in [-0.4, -0.2) is 41.3 Å². The van der Waals surface area contributed by atoms with Crippen molar-refractivity contribution in [2.45, 2.75) is 50.5 Å². The molecule has 0 radical (unpaired) electrons. The Labute approximate surface area is 164 Å². The Morgan fingerprint density at radius 2 is 2.00 bits per heavy atom. The third-order valence-electron chi connectivity index (χ3n) is 4.66. The number of piperidine rings is 1. The van der Waals surface area contributed by atoms with Gasteiger partial charge in [-0.3, -0.25) is 4.79 Å². The van der Waals surface area contributed by atoms with E-state index in [-0.39, 0.29) is 10.8 Å². The molecule has 0 aliphatic carbocycles. The molecule has 0 saturated carbocycles. The van der Waals surface area contributed by atoms with Crippen LogP contribution < -0.4 is 5.32 Å². The summed E-state index contributed by atoms with van der Waals surface area (Å²) in [5, 5.41) is 5.80. The lowest BCUT2D eigenvalue weighted by Gasteiger charge is -2.25. The number of nitrogens with one attached hydrogen (secondary N) is 1. The van der Waals surface area contributed by atoms with Crippen molar-refractivity contribution in [2.24, 2.45) is 7.05 Å². The Kier molecular flexibility index (Phi) is 6.02. The van der Waals surface area contributed by atoms with E-state index in [0.29, 0.717) is 31.2 Å². The van der Waals surface area contributed by atoms with Gasteiger partial charge < -0.3 is 9.88 Å². The van der Waals surface area contributed by atoms with E-state index in [0.717, 1.165) is 30.0 Å². The van der Waals surface area contributed by atoms with Crippen LogP contribution in [0.25, 0.3) is 0 Å². The van der Waals surface area contributed by atoms with Gasteiger partial charge in [-0.25, -0.2) is 13.4 Å². The number of nitrogens with zero attached hydrogens (tertiary/aromatic N) is 3. The summed E-state index contributed by atoms with van der Waals surface area (Å²) in [6.45, 7) is 5.56. The molecule has 1 aliphatic heterocycles. The van der Waals surface area contributed by atoms with Gasteiger partial charge in [0.1, 0.15) is 10.6 Å². The highest BCUT2D eigenvalue weighted by Gasteiger charge is 2.28. The first-order valence-electron chi connectivity index (χ1n) is 9.18. The first kappa shape index (κ1) is 20.0.